The second kappa shape index (κ2) is 8.53. The third kappa shape index (κ3) is 4.51. The number of anilines is 1. The lowest BCUT2D eigenvalue weighted by Crippen LogP contribution is -2.26. The number of carbonyl (C=O) groups excluding carboxylic acids is 1. The molecular weight excluding hydrogens is 346 g/mol. The van der Waals surface area contributed by atoms with Crippen molar-refractivity contribution in [3.63, 3.8) is 0 Å². The van der Waals surface area contributed by atoms with Gasteiger partial charge in [0.05, 0.1) is 24.9 Å². The van der Waals surface area contributed by atoms with Crippen LogP contribution in [0.2, 0.25) is 5.02 Å². The average molecular weight is 366 g/mol. The van der Waals surface area contributed by atoms with Crippen LogP contribution in [0, 0.1) is 0 Å². The van der Waals surface area contributed by atoms with E-state index in [1.54, 1.807) is 6.07 Å². The van der Waals surface area contributed by atoms with Gasteiger partial charge < -0.3 is 14.8 Å². The van der Waals surface area contributed by atoms with Crippen LogP contribution in [0.15, 0.2) is 29.1 Å². The maximum absolute atomic E-state index is 12.5. The first-order valence-corrected chi connectivity index (χ1v) is 8.19. The molecule has 0 atom stereocenters. The summed E-state index contributed by atoms with van der Waals surface area (Å²) in [7, 11) is 2.96. The summed E-state index contributed by atoms with van der Waals surface area (Å²) in [5.74, 6) is 0.362. The summed E-state index contributed by atoms with van der Waals surface area (Å²) in [5.41, 5.74) is 0.270. The Labute approximate surface area is 150 Å². The van der Waals surface area contributed by atoms with Crippen molar-refractivity contribution in [3.05, 3.63) is 45.3 Å². The van der Waals surface area contributed by atoms with E-state index in [1.807, 2.05) is 6.92 Å². The lowest BCUT2D eigenvalue weighted by molar-refractivity contribution is 0.101. The zero-order chi connectivity index (χ0) is 18.4. The van der Waals surface area contributed by atoms with E-state index in [0.717, 1.165) is 12.8 Å². The molecule has 1 aromatic heterocycles. The number of methoxy groups -OCH3 is 2. The molecule has 7 nitrogen and oxygen atoms in total. The van der Waals surface area contributed by atoms with Crippen molar-refractivity contribution in [1.82, 2.24) is 9.78 Å². The molecular formula is C17H20ClN3O4. The number of aryl methyl sites for hydroxylation is 1. The Kier molecular flexibility index (Phi) is 6.41. The number of amides is 1. The molecule has 2 rings (SSSR count). The third-order valence-corrected chi connectivity index (χ3v) is 3.84. The maximum atomic E-state index is 12.5. The number of aromatic nitrogens is 2. The van der Waals surface area contributed by atoms with E-state index in [9.17, 15) is 9.59 Å². The number of hydrogen-bond donors (Lipinski definition) is 1. The van der Waals surface area contributed by atoms with Gasteiger partial charge in [0.25, 0.3) is 11.5 Å². The van der Waals surface area contributed by atoms with E-state index in [4.69, 9.17) is 21.1 Å². The maximum Gasteiger partial charge on any atom is 0.276 e. The van der Waals surface area contributed by atoms with Crippen molar-refractivity contribution in [2.45, 2.75) is 26.3 Å². The Bertz CT molecular complexity index is 820. The predicted molar refractivity (Wildman–Crippen MR) is 95.9 cm³/mol. The van der Waals surface area contributed by atoms with Crippen molar-refractivity contribution in [3.8, 4) is 11.5 Å². The molecule has 1 amide bonds. The minimum Gasteiger partial charge on any atom is -0.495 e. The highest BCUT2D eigenvalue weighted by molar-refractivity contribution is 6.32. The van der Waals surface area contributed by atoms with Crippen LogP contribution in [0.4, 0.5) is 5.69 Å². The Morgan fingerprint density at radius 2 is 1.96 bits per heavy atom. The number of halogens is 1. The summed E-state index contributed by atoms with van der Waals surface area (Å²) in [6.07, 6.45) is 1.73. The average Bonchev–Trinajstić information content (AvgIpc) is 2.61. The second-order valence-corrected chi connectivity index (χ2v) is 5.68. The Hall–Kier alpha value is -2.54. The molecule has 0 bridgehead atoms. The van der Waals surface area contributed by atoms with Gasteiger partial charge in [-0.15, -0.1) is 0 Å². The first-order chi connectivity index (χ1) is 12.0. The molecule has 2 aromatic rings. The minimum atomic E-state index is -0.468. The fraction of sp³-hybridized carbons (Fsp3) is 0.353. The van der Waals surface area contributed by atoms with Crippen LogP contribution in [0.25, 0.3) is 0 Å². The van der Waals surface area contributed by atoms with Gasteiger partial charge in [-0.2, -0.15) is 5.10 Å². The first kappa shape index (κ1) is 18.8. The standard InChI is InChI=1S/C17H20ClN3O4/c1-4-5-8-21-16(22)7-6-12(20-21)17(23)19-13-9-11(18)14(24-2)10-15(13)25-3/h6-7,9-10H,4-5,8H2,1-3H3,(H,19,23). The highest BCUT2D eigenvalue weighted by Crippen LogP contribution is 2.35. The van der Waals surface area contributed by atoms with Crippen LogP contribution in [-0.4, -0.2) is 29.9 Å². The van der Waals surface area contributed by atoms with Crippen LogP contribution in [0.5, 0.6) is 11.5 Å². The summed E-state index contributed by atoms with van der Waals surface area (Å²) in [6, 6.07) is 5.82. The van der Waals surface area contributed by atoms with Crippen LogP contribution in [0.3, 0.4) is 0 Å². The van der Waals surface area contributed by atoms with Gasteiger partial charge in [-0.05, 0) is 18.6 Å². The van der Waals surface area contributed by atoms with E-state index in [0.29, 0.717) is 28.8 Å². The topological polar surface area (TPSA) is 82.5 Å². The summed E-state index contributed by atoms with van der Waals surface area (Å²) in [5, 5.41) is 7.13. The van der Waals surface area contributed by atoms with Crippen LogP contribution >= 0.6 is 11.6 Å². The van der Waals surface area contributed by atoms with Gasteiger partial charge in [0, 0.05) is 18.7 Å². The number of carbonyl (C=O) groups is 1. The Balaban J connectivity index is 2.28. The smallest absolute Gasteiger partial charge is 0.276 e. The molecule has 1 N–H and O–H groups in total. The summed E-state index contributed by atoms with van der Waals surface area (Å²) in [6.45, 7) is 2.48. The van der Waals surface area contributed by atoms with Crippen LogP contribution < -0.4 is 20.3 Å². The molecule has 0 aliphatic carbocycles. The zero-order valence-electron chi connectivity index (χ0n) is 14.3. The Morgan fingerprint density at radius 3 is 2.60 bits per heavy atom. The van der Waals surface area contributed by atoms with Crippen molar-refractivity contribution >= 4 is 23.2 Å². The summed E-state index contributed by atoms with van der Waals surface area (Å²) >= 11 is 6.10. The van der Waals surface area contributed by atoms with E-state index >= 15 is 0 Å². The molecule has 0 saturated heterocycles. The van der Waals surface area contributed by atoms with Gasteiger partial charge in [-0.25, -0.2) is 4.68 Å². The van der Waals surface area contributed by atoms with Gasteiger partial charge in [0.2, 0.25) is 0 Å². The number of rotatable bonds is 7. The molecule has 1 heterocycles. The molecule has 0 aliphatic rings. The van der Waals surface area contributed by atoms with Crippen LogP contribution in [0.1, 0.15) is 30.3 Å². The van der Waals surface area contributed by atoms with Gasteiger partial charge in [0.1, 0.15) is 17.2 Å². The number of benzene rings is 1. The van der Waals surface area contributed by atoms with Crippen molar-refractivity contribution in [2.75, 3.05) is 19.5 Å². The number of hydrogen-bond acceptors (Lipinski definition) is 5. The van der Waals surface area contributed by atoms with E-state index in [2.05, 4.69) is 10.4 Å². The molecule has 25 heavy (non-hydrogen) atoms. The van der Waals surface area contributed by atoms with Crippen LogP contribution in [-0.2, 0) is 6.54 Å². The van der Waals surface area contributed by atoms with Crippen molar-refractivity contribution in [2.24, 2.45) is 0 Å². The monoisotopic (exact) mass is 365 g/mol. The molecule has 0 spiro atoms. The fourth-order valence-corrected chi connectivity index (χ4v) is 2.42. The molecule has 0 aliphatic heterocycles. The lowest BCUT2D eigenvalue weighted by Gasteiger charge is -2.13. The van der Waals surface area contributed by atoms with Gasteiger partial charge in [-0.1, -0.05) is 24.9 Å². The normalized spacial score (nSPS) is 10.4. The van der Waals surface area contributed by atoms with Crippen molar-refractivity contribution in [1.29, 1.82) is 0 Å². The van der Waals surface area contributed by atoms with Crippen molar-refractivity contribution < 1.29 is 14.3 Å². The highest BCUT2D eigenvalue weighted by Gasteiger charge is 2.15. The summed E-state index contributed by atoms with van der Waals surface area (Å²) < 4.78 is 11.7. The third-order valence-electron chi connectivity index (χ3n) is 3.54. The molecule has 0 fully saturated rings. The summed E-state index contributed by atoms with van der Waals surface area (Å²) in [4.78, 5) is 24.3. The lowest BCUT2D eigenvalue weighted by atomic mass is 10.2. The number of ether oxygens (including phenoxy) is 2. The van der Waals surface area contributed by atoms with E-state index < -0.39 is 5.91 Å². The molecule has 1 aromatic carbocycles. The molecule has 0 unspecified atom stereocenters. The fourth-order valence-electron chi connectivity index (χ4n) is 2.18. The zero-order valence-corrected chi connectivity index (χ0v) is 15.1. The number of nitrogens with zero attached hydrogens (tertiary/aromatic N) is 2. The quantitative estimate of drug-likeness (QED) is 0.815. The van der Waals surface area contributed by atoms with E-state index in [1.165, 1.54) is 37.1 Å². The largest absolute Gasteiger partial charge is 0.495 e. The molecule has 8 heteroatoms. The first-order valence-electron chi connectivity index (χ1n) is 7.81. The number of unbranched alkanes of at least 4 members (excludes halogenated alkanes) is 1. The molecule has 0 saturated carbocycles. The van der Waals surface area contributed by atoms with Gasteiger partial charge in [-0.3, -0.25) is 9.59 Å². The van der Waals surface area contributed by atoms with Gasteiger partial charge in [0.15, 0.2) is 0 Å². The molecule has 0 radical (unpaired) electrons. The molecule has 134 valence electrons. The SMILES string of the molecule is CCCCn1nc(C(=O)Nc2cc(Cl)c(OC)cc2OC)ccc1=O. The minimum absolute atomic E-state index is 0.129. The Morgan fingerprint density at radius 1 is 1.24 bits per heavy atom. The number of nitrogens with one attached hydrogen (secondary N) is 1. The van der Waals surface area contributed by atoms with Gasteiger partial charge >= 0.3 is 0 Å². The highest BCUT2D eigenvalue weighted by atomic mass is 35.5. The predicted octanol–water partition coefficient (Wildman–Crippen LogP) is 2.97. The van der Waals surface area contributed by atoms with E-state index in [-0.39, 0.29) is 11.3 Å². The second-order valence-electron chi connectivity index (χ2n) is 5.27.